The van der Waals surface area contributed by atoms with Gasteiger partial charge < -0.3 is 9.47 Å². The maximum absolute atomic E-state index is 13.4. The van der Waals surface area contributed by atoms with E-state index in [0.717, 1.165) is 47.3 Å². The zero-order valence-electron chi connectivity index (χ0n) is 17.0. The van der Waals surface area contributed by atoms with E-state index in [-0.39, 0.29) is 23.1 Å². The number of aromatic amines is 1. The first-order valence-electron chi connectivity index (χ1n) is 9.91. The van der Waals surface area contributed by atoms with Crippen LogP contribution in [0.15, 0.2) is 41.6 Å². The molecule has 4 rings (SSSR count). The molecule has 0 saturated carbocycles. The second-order valence-corrected chi connectivity index (χ2v) is 7.65. The van der Waals surface area contributed by atoms with Crippen molar-refractivity contribution in [1.82, 2.24) is 24.6 Å². The molecule has 1 saturated heterocycles. The lowest BCUT2D eigenvalue weighted by Crippen LogP contribution is -2.41. The Balaban J connectivity index is 1.75. The number of rotatable bonds is 3. The van der Waals surface area contributed by atoms with Crippen LogP contribution in [0.2, 0.25) is 0 Å². The number of piperidine rings is 1. The molecule has 7 nitrogen and oxygen atoms in total. The lowest BCUT2D eigenvalue weighted by molar-refractivity contribution is 0.0604. The van der Waals surface area contributed by atoms with E-state index in [0.29, 0.717) is 6.54 Å². The molecule has 0 unspecified atom stereocenters. The van der Waals surface area contributed by atoms with Gasteiger partial charge >= 0.3 is 0 Å². The minimum Gasteiger partial charge on any atom is -0.330 e. The summed E-state index contributed by atoms with van der Waals surface area (Å²) in [7, 11) is 1.70. The van der Waals surface area contributed by atoms with Gasteiger partial charge in [-0.25, -0.2) is 0 Å². The predicted molar refractivity (Wildman–Crippen MR) is 111 cm³/mol. The van der Waals surface area contributed by atoms with Gasteiger partial charge in [0.2, 0.25) is 0 Å². The molecule has 7 heteroatoms. The van der Waals surface area contributed by atoms with E-state index in [1.165, 1.54) is 4.57 Å². The summed E-state index contributed by atoms with van der Waals surface area (Å²) in [6.07, 6.45) is 8.17. The molecular weight excluding hydrogens is 366 g/mol. The van der Waals surface area contributed by atoms with Crippen molar-refractivity contribution in [2.45, 2.75) is 39.2 Å². The van der Waals surface area contributed by atoms with Crippen LogP contribution in [0.4, 0.5) is 0 Å². The number of likely N-dealkylation sites (tertiary alicyclic amines) is 1. The first-order chi connectivity index (χ1) is 14.0. The van der Waals surface area contributed by atoms with Gasteiger partial charge in [-0.3, -0.25) is 19.7 Å². The minimum atomic E-state index is -0.255. The highest BCUT2D eigenvalue weighted by atomic mass is 16.2. The summed E-state index contributed by atoms with van der Waals surface area (Å²) in [6, 6.07) is 5.28. The molecule has 0 aliphatic carbocycles. The monoisotopic (exact) mass is 391 g/mol. The third-order valence-electron chi connectivity index (χ3n) is 5.86. The number of nitrogens with zero attached hydrogens (tertiary/aromatic N) is 4. The van der Waals surface area contributed by atoms with Crippen LogP contribution in [0.5, 0.6) is 0 Å². The molecule has 1 aliphatic heterocycles. The van der Waals surface area contributed by atoms with Crippen LogP contribution in [0.3, 0.4) is 0 Å². The van der Waals surface area contributed by atoms with Gasteiger partial charge in [0, 0.05) is 37.2 Å². The standard InChI is InChI=1S/C22H25N5O2/c1-14-12-23-10-9-16(14)18-13-24-25-20(18)19-6-4-5-11-27(19)22(29)17-8-7-15(2)26(3)21(17)28/h7-10,12-13,19H,4-6,11H2,1-3H3,(H,24,25)/t19-/m1/s1. The molecule has 1 fully saturated rings. The van der Waals surface area contributed by atoms with Crippen molar-refractivity contribution in [1.29, 1.82) is 0 Å². The van der Waals surface area contributed by atoms with E-state index < -0.39 is 0 Å². The molecule has 3 aromatic rings. The van der Waals surface area contributed by atoms with E-state index in [4.69, 9.17) is 0 Å². The Hall–Kier alpha value is -3.22. The molecule has 150 valence electrons. The van der Waals surface area contributed by atoms with Crippen molar-refractivity contribution >= 4 is 5.91 Å². The first kappa shape index (κ1) is 19.1. The summed E-state index contributed by atoms with van der Waals surface area (Å²) in [5.74, 6) is -0.220. The van der Waals surface area contributed by atoms with Crippen molar-refractivity contribution in [3.05, 3.63) is 69.7 Å². The summed E-state index contributed by atoms with van der Waals surface area (Å²) in [6.45, 7) is 4.49. The Bertz CT molecular complexity index is 1110. The van der Waals surface area contributed by atoms with Gasteiger partial charge in [-0.2, -0.15) is 5.10 Å². The Morgan fingerprint density at radius 2 is 1.97 bits per heavy atom. The second-order valence-electron chi connectivity index (χ2n) is 7.65. The van der Waals surface area contributed by atoms with Gasteiger partial charge in [0.15, 0.2) is 0 Å². The number of carbonyl (C=O) groups is 1. The van der Waals surface area contributed by atoms with Crippen molar-refractivity contribution in [2.24, 2.45) is 7.05 Å². The van der Waals surface area contributed by atoms with Gasteiger partial charge in [-0.15, -0.1) is 0 Å². The number of hydrogen-bond acceptors (Lipinski definition) is 4. The molecule has 3 aromatic heterocycles. The molecular formula is C22H25N5O2. The van der Waals surface area contributed by atoms with Crippen LogP contribution in [0, 0.1) is 13.8 Å². The second kappa shape index (κ2) is 7.66. The van der Waals surface area contributed by atoms with Gasteiger partial charge in [-0.1, -0.05) is 0 Å². The molecule has 1 aliphatic rings. The number of H-pyrrole nitrogens is 1. The summed E-state index contributed by atoms with van der Waals surface area (Å²) in [4.78, 5) is 32.1. The zero-order chi connectivity index (χ0) is 20.5. The van der Waals surface area contributed by atoms with Crippen LogP contribution >= 0.6 is 0 Å². The number of hydrogen-bond donors (Lipinski definition) is 1. The third kappa shape index (κ3) is 3.37. The van der Waals surface area contributed by atoms with Crippen molar-refractivity contribution in [3.63, 3.8) is 0 Å². The summed E-state index contributed by atoms with van der Waals surface area (Å²) in [5, 5.41) is 7.40. The van der Waals surface area contributed by atoms with E-state index >= 15 is 0 Å². The molecule has 1 amide bonds. The number of aryl methyl sites for hydroxylation is 2. The highest BCUT2D eigenvalue weighted by molar-refractivity contribution is 5.94. The highest BCUT2D eigenvalue weighted by Crippen LogP contribution is 2.37. The minimum absolute atomic E-state index is 0.146. The SMILES string of the molecule is Cc1cnccc1-c1cn[nH]c1[C@H]1CCCCN1C(=O)c1ccc(C)n(C)c1=O. The Morgan fingerprint density at radius 1 is 1.14 bits per heavy atom. The third-order valence-corrected chi connectivity index (χ3v) is 5.86. The quantitative estimate of drug-likeness (QED) is 0.743. The molecule has 0 spiro atoms. The van der Waals surface area contributed by atoms with E-state index in [1.807, 2.05) is 37.1 Å². The molecule has 0 radical (unpaired) electrons. The average Bonchev–Trinajstić information content (AvgIpc) is 3.21. The Kier molecular flexibility index (Phi) is 5.05. The number of nitrogens with one attached hydrogen (secondary N) is 1. The van der Waals surface area contributed by atoms with Gasteiger partial charge in [0.25, 0.3) is 11.5 Å². The zero-order valence-corrected chi connectivity index (χ0v) is 17.0. The van der Waals surface area contributed by atoms with Crippen molar-refractivity contribution < 1.29 is 4.79 Å². The summed E-state index contributed by atoms with van der Waals surface area (Å²) >= 11 is 0. The maximum Gasteiger partial charge on any atom is 0.263 e. The highest BCUT2D eigenvalue weighted by Gasteiger charge is 2.33. The largest absolute Gasteiger partial charge is 0.330 e. The fourth-order valence-corrected chi connectivity index (χ4v) is 4.06. The lowest BCUT2D eigenvalue weighted by Gasteiger charge is -2.35. The van der Waals surface area contributed by atoms with Gasteiger partial charge in [0.05, 0.1) is 17.9 Å². The molecule has 0 aromatic carbocycles. The molecule has 4 heterocycles. The Morgan fingerprint density at radius 3 is 2.76 bits per heavy atom. The maximum atomic E-state index is 13.4. The van der Waals surface area contributed by atoms with Crippen LogP contribution < -0.4 is 5.56 Å². The Labute approximate surface area is 169 Å². The lowest BCUT2D eigenvalue weighted by atomic mass is 9.93. The molecule has 29 heavy (non-hydrogen) atoms. The van der Waals surface area contributed by atoms with E-state index in [9.17, 15) is 9.59 Å². The van der Waals surface area contributed by atoms with Gasteiger partial charge in [-0.05, 0) is 62.4 Å². The van der Waals surface area contributed by atoms with Crippen LogP contribution in [-0.4, -0.2) is 37.1 Å². The van der Waals surface area contributed by atoms with Crippen LogP contribution in [0.1, 0.15) is 52.6 Å². The smallest absolute Gasteiger partial charge is 0.263 e. The fraction of sp³-hybridized carbons (Fsp3) is 0.364. The number of aromatic nitrogens is 4. The normalized spacial score (nSPS) is 16.8. The molecule has 0 bridgehead atoms. The molecule has 1 N–H and O–H groups in total. The van der Waals surface area contributed by atoms with Crippen LogP contribution in [-0.2, 0) is 7.05 Å². The first-order valence-corrected chi connectivity index (χ1v) is 9.91. The van der Waals surface area contributed by atoms with Crippen molar-refractivity contribution in [3.8, 4) is 11.1 Å². The topological polar surface area (TPSA) is 83.9 Å². The fourth-order valence-electron chi connectivity index (χ4n) is 4.06. The van der Waals surface area contributed by atoms with Gasteiger partial charge in [0.1, 0.15) is 5.56 Å². The van der Waals surface area contributed by atoms with E-state index in [2.05, 4.69) is 15.2 Å². The summed E-state index contributed by atoms with van der Waals surface area (Å²) < 4.78 is 1.52. The van der Waals surface area contributed by atoms with Crippen molar-refractivity contribution in [2.75, 3.05) is 6.54 Å². The number of amides is 1. The number of carbonyl (C=O) groups excluding carboxylic acids is 1. The predicted octanol–water partition coefficient (Wildman–Crippen LogP) is 3.15. The molecule has 1 atom stereocenters. The average molecular weight is 391 g/mol. The summed E-state index contributed by atoms with van der Waals surface area (Å²) in [5.41, 5.74) is 4.78. The number of pyridine rings is 2. The van der Waals surface area contributed by atoms with Crippen LogP contribution in [0.25, 0.3) is 11.1 Å². The van der Waals surface area contributed by atoms with E-state index in [1.54, 1.807) is 25.5 Å².